The fourth-order valence-electron chi connectivity index (χ4n) is 0.802. The molecule has 1 N–H and O–H groups in total. The van der Waals surface area contributed by atoms with Gasteiger partial charge in [0, 0.05) is 0 Å². The van der Waals surface area contributed by atoms with E-state index in [2.05, 4.69) is 9.97 Å². The SMILES string of the molecule is CCc1ncnc(C(=O)O)c1F. The van der Waals surface area contributed by atoms with Crippen molar-refractivity contribution in [2.45, 2.75) is 13.3 Å². The minimum atomic E-state index is -1.37. The first-order chi connectivity index (χ1) is 5.66. The maximum Gasteiger partial charge on any atom is 0.357 e. The number of carboxylic acids is 1. The van der Waals surface area contributed by atoms with Gasteiger partial charge in [0.05, 0.1) is 5.69 Å². The number of aromatic carboxylic acids is 1. The Balaban J connectivity index is 3.23. The molecule has 0 aromatic carbocycles. The smallest absolute Gasteiger partial charge is 0.357 e. The van der Waals surface area contributed by atoms with Gasteiger partial charge in [-0.2, -0.15) is 0 Å². The van der Waals surface area contributed by atoms with Gasteiger partial charge in [0.15, 0.2) is 11.5 Å². The fraction of sp³-hybridized carbons (Fsp3) is 0.286. The zero-order valence-corrected chi connectivity index (χ0v) is 6.41. The summed E-state index contributed by atoms with van der Waals surface area (Å²) in [6.45, 7) is 1.69. The van der Waals surface area contributed by atoms with Crippen LogP contribution in [0.3, 0.4) is 0 Å². The Morgan fingerprint density at radius 3 is 2.83 bits per heavy atom. The number of hydrogen-bond acceptors (Lipinski definition) is 3. The molecule has 0 aliphatic rings. The van der Waals surface area contributed by atoms with Gasteiger partial charge in [0.25, 0.3) is 0 Å². The van der Waals surface area contributed by atoms with Crippen LogP contribution in [-0.2, 0) is 6.42 Å². The third kappa shape index (κ3) is 1.39. The minimum Gasteiger partial charge on any atom is -0.476 e. The number of rotatable bonds is 2. The maximum atomic E-state index is 13.0. The van der Waals surface area contributed by atoms with Crippen LogP contribution in [0.5, 0.6) is 0 Å². The van der Waals surface area contributed by atoms with E-state index in [1.54, 1.807) is 6.92 Å². The monoisotopic (exact) mass is 170 g/mol. The molecule has 0 unspecified atom stereocenters. The first-order valence-electron chi connectivity index (χ1n) is 3.39. The summed E-state index contributed by atoms with van der Waals surface area (Å²) < 4.78 is 13.0. The van der Waals surface area contributed by atoms with Crippen LogP contribution in [0.1, 0.15) is 23.1 Å². The van der Waals surface area contributed by atoms with Crippen molar-refractivity contribution in [2.24, 2.45) is 0 Å². The Labute approximate surface area is 68.1 Å². The first kappa shape index (κ1) is 8.58. The fourth-order valence-corrected chi connectivity index (χ4v) is 0.802. The zero-order valence-electron chi connectivity index (χ0n) is 6.41. The van der Waals surface area contributed by atoms with E-state index < -0.39 is 17.5 Å². The van der Waals surface area contributed by atoms with Crippen LogP contribution in [0.2, 0.25) is 0 Å². The van der Waals surface area contributed by atoms with E-state index in [1.807, 2.05) is 0 Å². The molecule has 0 aliphatic heterocycles. The number of aromatic nitrogens is 2. The Morgan fingerprint density at radius 2 is 2.33 bits per heavy atom. The largest absolute Gasteiger partial charge is 0.476 e. The molecule has 0 bridgehead atoms. The van der Waals surface area contributed by atoms with E-state index in [9.17, 15) is 9.18 Å². The summed E-state index contributed by atoms with van der Waals surface area (Å²) in [6, 6.07) is 0. The van der Waals surface area contributed by atoms with Gasteiger partial charge in [-0.05, 0) is 6.42 Å². The van der Waals surface area contributed by atoms with Gasteiger partial charge in [-0.15, -0.1) is 0 Å². The van der Waals surface area contributed by atoms with E-state index in [0.717, 1.165) is 6.33 Å². The second kappa shape index (κ2) is 3.25. The summed E-state index contributed by atoms with van der Waals surface area (Å²) in [5, 5.41) is 8.46. The summed E-state index contributed by atoms with van der Waals surface area (Å²) in [5.41, 5.74) is -0.441. The number of nitrogens with zero attached hydrogens (tertiary/aromatic N) is 2. The maximum absolute atomic E-state index is 13.0. The Kier molecular flexibility index (Phi) is 2.32. The van der Waals surface area contributed by atoms with E-state index in [0.29, 0.717) is 6.42 Å². The molecule has 0 spiro atoms. The summed E-state index contributed by atoms with van der Waals surface area (Å²) in [6.07, 6.45) is 1.40. The third-order valence-electron chi connectivity index (χ3n) is 1.40. The summed E-state index contributed by atoms with van der Waals surface area (Å²) in [7, 11) is 0. The molecule has 1 aromatic rings. The van der Waals surface area contributed by atoms with Crippen LogP contribution >= 0.6 is 0 Å². The second-order valence-electron chi connectivity index (χ2n) is 2.14. The lowest BCUT2D eigenvalue weighted by atomic mass is 10.2. The van der Waals surface area contributed by atoms with Crippen molar-refractivity contribution < 1.29 is 14.3 Å². The number of carboxylic acid groups (broad SMARTS) is 1. The highest BCUT2D eigenvalue weighted by Crippen LogP contribution is 2.07. The lowest BCUT2D eigenvalue weighted by Crippen LogP contribution is -2.08. The van der Waals surface area contributed by atoms with Crippen LogP contribution in [0.4, 0.5) is 4.39 Å². The van der Waals surface area contributed by atoms with Gasteiger partial charge in [-0.1, -0.05) is 6.92 Å². The molecule has 12 heavy (non-hydrogen) atoms. The minimum absolute atomic E-state index is 0.127. The van der Waals surface area contributed by atoms with Gasteiger partial charge in [0.1, 0.15) is 6.33 Å². The highest BCUT2D eigenvalue weighted by Gasteiger charge is 2.15. The summed E-state index contributed by atoms with van der Waals surface area (Å²) >= 11 is 0. The van der Waals surface area contributed by atoms with Crippen LogP contribution in [-0.4, -0.2) is 21.0 Å². The molecule has 0 saturated heterocycles. The summed E-state index contributed by atoms with van der Waals surface area (Å²) in [4.78, 5) is 17.3. The first-order valence-corrected chi connectivity index (χ1v) is 3.39. The number of aryl methyl sites for hydroxylation is 1. The van der Waals surface area contributed by atoms with Crippen molar-refractivity contribution in [3.8, 4) is 0 Å². The molecule has 4 nitrogen and oxygen atoms in total. The lowest BCUT2D eigenvalue weighted by molar-refractivity contribution is 0.0684. The Morgan fingerprint density at radius 1 is 1.67 bits per heavy atom. The summed E-state index contributed by atoms with van der Waals surface area (Å²) in [5.74, 6) is -2.21. The van der Waals surface area contributed by atoms with Crippen LogP contribution in [0.25, 0.3) is 0 Å². The van der Waals surface area contributed by atoms with E-state index in [1.165, 1.54) is 0 Å². The normalized spacial score (nSPS) is 9.83. The van der Waals surface area contributed by atoms with Crippen molar-refractivity contribution in [3.63, 3.8) is 0 Å². The van der Waals surface area contributed by atoms with Crippen molar-refractivity contribution in [1.82, 2.24) is 9.97 Å². The number of hydrogen-bond donors (Lipinski definition) is 1. The molecular formula is C7H7FN2O2. The molecule has 0 aliphatic carbocycles. The molecule has 1 heterocycles. The van der Waals surface area contributed by atoms with Gasteiger partial charge in [-0.25, -0.2) is 19.2 Å². The zero-order chi connectivity index (χ0) is 9.14. The second-order valence-corrected chi connectivity index (χ2v) is 2.14. The molecule has 1 rings (SSSR count). The predicted molar refractivity (Wildman–Crippen MR) is 38.3 cm³/mol. The van der Waals surface area contributed by atoms with Crippen molar-refractivity contribution >= 4 is 5.97 Å². The van der Waals surface area contributed by atoms with Gasteiger partial charge < -0.3 is 5.11 Å². The van der Waals surface area contributed by atoms with Crippen LogP contribution < -0.4 is 0 Å². The van der Waals surface area contributed by atoms with Crippen molar-refractivity contribution in [2.75, 3.05) is 0 Å². The average molecular weight is 170 g/mol. The Hall–Kier alpha value is -1.52. The topological polar surface area (TPSA) is 63.1 Å². The number of halogens is 1. The average Bonchev–Trinajstić information content (AvgIpc) is 2.04. The molecule has 5 heteroatoms. The van der Waals surface area contributed by atoms with Gasteiger partial charge in [-0.3, -0.25) is 0 Å². The predicted octanol–water partition coefficient (Wildman–Crippen LogP) is 0.876. The highest BCUT2D eigenvalue weighted by molar-refractivity contribution is 5.85. The number of carbonyl (C=O) groups is 1. The van der Waals surface area contributed by atoms with Gasteiger partial charge in [0.2, 0.25) is 0 Å². The molecule has 1 aromatic heterocycles. The molecule has 0 radical (unpaired) electrons. The van der Waals surface area contributed by atoms with Crippen LogP contribution in [0.15, 0.2) is 6.33 Å². The van der Waals surface area contributed by atoms with E-state index >= 15 is 0 Å². The molecule has 0 amide bonds. The molecule has 0 fully saturated rings. The third-order valence-corrected chi connectivity index (χ3v) is 1.40. The van der Waals surface area contributed by atoms with E-state index in [-0.39, 0.29) is 5.69 Å². The quantitative estimate of drug-likeness (QED) is 0.715. The van der Waals surface area contributed by atoms with Crippen LogP contribution in [0, 0.1) is 5.82 Å². The molecule has 0 saturated carbocycles. The molecular weight excluding hydrogens is 163 g/mol. The van der Waals surface area contributed by atoms with Crippen molar-refractivity contribution in [1.29, 1.82) is 0 Å². The lowest BCUT2D eigenvalue weighted by Gasteiger charge is -1.99. The van der Waals surface area contributed by atoms with Crippen molar-refractivity contribution in [3.05, 3.63) is 23.5 Å². The van der Waals surface area contributed by atoms with Gasteiger partial charge >= 0.3 is 5.97 Å². The Bertz CT molecular complexity index is 314. The van der Waals surface area contributed by atoms with E-state index in [4.69, 9.17) is 5.11 Å². The highest BCUT2D eigenvalue weighted by atomic mass is 19.1. The standard InChI is InChI=1S/C7H7FN2O2/c1-2-4-5(8)6(7(11)12)10-3-9-4/h3H,2H2,1H3,(H,11,12). The molecule has 0 atom stereocenters. The molecule has 64 valence electrons.